The number of sulfonamides is 1. The van der Waals surface area contributed by atoms with Gasteiger partial charge in [0.25, 0.3) is 5.91 Å². The highest BCUT2D eigenvalue weighted by Gasteiger charge is 2.30. The van der Waals surface area contributed by atoms with Crippen molar-refractivity contribution >= 4 is 21.6 Å². The zero-order valence-corrected chi connectivity index (χ0v) is 18.2. The van der Waals surface area contributed by atoms with Gasteiger partial charge in [0, 0.05) is 30.9 Å². The van der Waals surface area contributed by atoms with Crippen LogP contribution in [0.2, 0.25) is 0 Å². The maximum atomic E-state index is 13.4. The molecule has 1 aliphatic rings. The summed E-state index contributed by atoms with van der Waals surface area (Å²) in [6, 6.07) is 14.0. The van der Waals surface area contributed by atoms with Gasteiger partial charge in [-0.05, 0) is 36.8 Å². The van der Waals surface area contributed by atoms with Gasteiger partial charge in [-0.15, -0.1) is 0 Å². The Kier molecular flexibility index (Phi) is 7.47. The molecule has 0 aromatic heterocycles. The van der Waals surface area contributed by atoms with Crippen LogP contribution in [0.4, 0.5) is 5.69 Å². The van der Waals surface area contributed by atoms with Gasteiger partial charge in [0.1, 0.15) is 10.6 Å². The summed E-state index contributed by atoms with van der Waals surface area (Å²) in [6.07, 6.45) is 1.78. The largest absolute Gasteiger partial charge is 0.495 e. The van der Waals surface area contributed by atoms with Crippen molar-refractivity contribution in [2.24, 2.45) is 0 Å². The number of anilines is 1. The van der Waals surface area contributed by atoms with E-state index in [9.17, 15) is 13.2 Å². The fourth-order valence-corrected chi connectivity index (χ4v) is 4.95. The number of benzene rings is 2. The van der Waals surface area contributed by atoms with Crippen molar-refractivity contribution in [1.29, 1.82) is 0 Å². The van der Waals surface area contributed by atoms with Gasteiger partial charge in [-0.3, -0.25) is 4.79 Å². The number of nitrogens with zero attached hydrogens (tertiary/aromatic N) is 2. The molecule has 30 heavy (non-hydrogen) atoms. The fraction of sp³-hybridized carbons (Fsp3) is 0.409. The van der Waals surface area contributed by atoms with E-state index in [-0.39, 0.29) is 29.6 Å². The number of carbonyl (C=O) groups is 1. The summed E-state index contributed by atoms with van der Waals surface area (Å²) in [5.41, 5.74) is 1.09. The molecular formula is C22H28N2O5S. The van der Waals surface area contributed by atoms with Crippen molar-refractivity contribution in [2.75, 3.05) is 44.9 Å². The Hall–Kier alpha value is -2.42. The summed E-state index contributed by atoms with van der Waals surface area (Å²) in [6.45, 7) is 3.86. The molecule has 0 spiro atoms. The van der Waals surface area contributed by atoms with Crippen LogP contribution in [0.1, 0.15) is 30.1 Å². The lowest BCUT2D eigenvalue weighted by atomic mass is 10.1. The topological polar surface area (TPSA) is 76.2 Å². The average Bonchev–Trinajstić information content (AvgIpc) is 2.80. The standard InChI is InChI=1S/C22H28N2O5S/c1-3-4-12-24(19-8-6-5-7-9-19)22(25)18-10-11-20(28-2)21(17-18)30(26,27)23-13-15-29-16-14-23/h5-11,17H,3-4,12-16H2,1-2H3. The van der Waals surface area contributed by atoms with E-state index in [1.807, 2.05) is 30.3 Å². The molecule has 162 valence electrons. The number of amides is 1. The summed E-state index contributed by atoms with van der Waals surface area (Å²) in [5.74, 6) is -0.0198. The average molecular weight is 433 g/mol. The molecule has 0 aliphatic carbocycles. The van der Waals surface area contributed by atoms with Crippen molar-refractivity contribution in [2.45, 2.75) is 24.7 Å². The molecule has 0 saturated carbocycles. The second-order valence-corrected chi connectivity index (χ2v) is 8.93. The van der Waals surface area contributed by atoms with Gasteiger partial charge < -0.3 is 14.4 Å². The minimum atomic E-state index is -3.81. The SMILES string of the molecule is CCCCN(C(=O)c1ccc(OC)c(S(=O)(=O)N2CCOCC2)c1)c1ccccc1. The highest BCUT2D eigenvalue weighted by atomic mass is 32.2. The van der Waals surface area contributed by atoms with Crippen LogP contribution in [0.25, 0.3) is 0 Å². The maximum Gasteiger partial charge on any atom is 0.258 e. The van der Waals surface area contributed by atoms with Gasteiger partial charge in [0.05, 0.1) is 20.3 Å². The molecule has 1 aliphatic heterocycles. The number of methoxy groups -OCH3 is 1. The molecule has 8 heteroatoms. The fourth-order valence-electron chi connectivity index (χ4n) is 3.37. The number of morpholine rings is 1. The van der Waals surface area contributed by atoms with Crippen molar-refractivity contribution in [3.63, 3.8) is 0 Å². The molecule has 1 saturated heterocycles. The number of para-hydroxylation sites is 1. The van der Waals surface area contributed by atoms with Crippen LogP contribution < -0.4 is 9.64 Å². The van der Waals surface area contributed by atoms with Crippen LogP contribution >= 0.6 is 0 Å². The first-order chi connectivity index (χ1) is 14.5. The molecule has 0 N–H and O–H groups in total. The number of ether oxygens (including phenoxy) is 2. The molecule has 3 rings (SSSR count). The van der Waals surface area contributed by atoms with E-state index in [1.54, 1.807) is 17.0 Å². The molecule has 1 heterocycles. The Morgan fingerprint density at radius 2 is 1.83 bits per heavy atom. The smallest absolute Gasteiger partial charge is 0.258 e. The monoisotopic (exact) mass is 432 g/mol. The minimum Gasteiger partial charge on any atom is -0.495 e. The van der Waals surface area contributed by atoms with E-state index >= 15 is 0 Å². The van der Waals surface area contributed by atoms with Crippen LogP contribution in [0.5, 0.6) is 5.75 Å². The van der Waals surface area contributed by atoms with E-state index in [0.717, 1.165) is 18.5 Å². The van der Waals surface area contributed by atoms with Crippen LogP contribution in [-0.2, 0) is 14.8 Å². The first-order valence-electron chi connectivity index (χ1n) is 10.1. The van der Waals surface area contributed by atoms with Crippen LogP contribution in [0.3, 0.4) is 0 Å². The molecule has 0 unspecified atom stereocenters. The van der Waals surface area contributed by atoms with E-state index < -0.39 is 10.0 Å². The predicted molar refractivity (Wildman–Crippen MR) is 116 cm³/mol. The Morgan fingerprint density at radius 3 is 2.47 bits per heavy atom. The third kappa shape index (κ3) is 4.83. The van der Waals surface area contributed by atoms with Crippen molar-refractivity contribution < 1.29 is 22.7 Å². The summed E-state index contributed by atoms with van der Waals surface area (Å²) >= 11 is 0. The Bertz CT molecular complexity index is 957. The van der Waals surface area contributed by atoms with Gasteiger partial charge in [0.2, 0.25) is 10.0 Å². The van der Waals surface area contributed by atoms with Gasteiger partial charge in [-0.2, -0.15) is 4.31 Å². The van der Waals surface area contributed by atoms with E-state index in [0.29, 0.717) is 25.3 Å². The van der Waals surface area contributed by atoms with Crippen molar-refractivity contribution in [1.82, 2.24) is 4.31 Å². The third-order valence-electron chi connectivity index (χ3n) is 5.05. The highest BCUT2D eigenvalue weighted by Crippen LogP contribution is 2.29. The third-order valence-corrected chi connectivity index (χ3v) is 6.97. The number of unbranched alkanes of at least 4 members (excludes halogenated alkanes) is 1. The molecule has 2 aromatic carbocycles. The van der Waals surface area contributed by atoms with Gasteiger partial charge in [0.15, 0.2) is 0 Å². The van der Waals surface area contributed by atoms with Crippen molar-refractivity contribution in [3.8, 4) is 5.75 Å². The second kappa shape index (κ2) is 10.1. The lowest BCUT2D eigenvalue weighted by Gasteiger charge is -2.27. The summed E-state index contributed by atoms with van der Waals surface area (Å²) < 4.78 is 38.4. The predicted octanol–water partition coefficient (Wildman–Crippen LogP) is 3.16. The van der Waals surface area contributed by atoms with Crippen LogP contribution in [0.15, 0.2) is 53.4 Å². The van der Waals surface area contributed by atoms with E-state index in [4.69, 9.17) is 9.47 Å². The van der Waals surface area contributed by atoms with E-state index in [2.05, 4.69) is 6.92 Å². The highest BCUT2D eigenvalue weighted by molar-refractivity contribution is 7.89. The summed E-state index contributed by atoms with van der Waals surface area (Å²) in [4.78, 5) is 15.1. The van der Waals surface area contributed by atoms with Crippen LogP contribution in [0, 0.1) is 0 Å². The molecule has 1 fully saturated rings. The maximum absolute atomic E-state index is 13.4. The summed E-state index contributed by atoms with van der Waals surface area (Å²) in [7, 11) is -2.39. The first-order valence-corrected chi connectivity index (χ1v) is 11.6. The Balaban J connectivity index is 1.99. The minimum absolute atomic E-state index is 0.00116. The molecule has 2 aromatic rings. The molecule has 0 atom stereocenters. The lowest BCUT2D eigenvalue weighted by Crippen LogP contribution is -2.40. The molecule has 0 radical (unpaired) electrons. The normalized spacial score (nSPS) is 15.0. The zero-order valence-electron chi connectivity index (χ0n) is 17.4. The molecule has 7 nitrogen and oxygen atoms in total. The van der Waals surface area contributed by atoms with Crippen LogP contribution in [-0.4, -0.2) is 58.6 Å². The first kappa shape index (κ1) is 22.3. The Morgan fingerprint density at radius 1 is 1.13 bits per heavy atom. The Labute approximate surface area is 178 Å². The van der Waals surface area contributed by atoms with Gasteiger partial charge in [-0.25, -0.2) is 8.42 Å². The van der Waals surface area contributed by atoms with Crippen molar-refractivity contribution in [3.05, 3.63) is 54.1 Å². The number of hydrogen-bond acceptors (Lipinski definition) is 5. The molecule has 0 bridgehead atoms. The number of rotatable bonds is 8. The quantitative estimate of drug-likeness (QED) is 0.640. The summed E-state index contributed by atoms with van der Waals surface area (Å²) in [5, 5.41) is 0. The zero-order chi connectivity index (χ0) is 21.6. The molecule has 1 amide bonds. The molecular weight excluding hydrogens is 404 g/mol. The van der Waals surface area contributed by atoms with E-state index in [1.165, 1.54) is 17.5 Å². The number of hydrogen-bond donors (Lipinski definition) is 0. The van der Waals surface area contributed by atoms with Gasteiger partial charge in [-0.1, -0.05) is 31.5 Å². The second-order valence-electron chi connectivity index (χ2n) is 7.03. The lowest BCUT2D eigenvalue weighted by molar-refractivity contribution is 0.0729. The van der Waals surface area contributed by atoms with Gasteiger partial charge >= 0.3 is 0 Å². The number of carbonyl (C=O) groups excluding carboxylic acids is 1.